The van der Waals surface area contributed by atoms with Crippen molar-refractivity contribution in [3.05, 3.63) is 28.5 Å². The number of rotatable bonds is 2. The van der Waals surface area contributed by atoms with Crippen molar-refractivity contribution < 1.29 is 14.3 Å². The van der Waals surface area contributed by atoms with Crippen LogP contribution in [0.4, 0.5) is 4.39 Å². The van der Waals surface area contributed by atoms with Crippen molar-refractivity contribution in [1.29, 1.82) is 0 Å². The van der Waals surface area contributed by atoms with E-state index in [0.29, 0.717) is 0 Å². The van der Waals surface area contributed by atoms with E-state index in [1.807, 2.05) is 0 Å². The molecule has 1 rings (SSSR count). The number of aromatic hydroxyl groups is 1. The Morgan fingerprint density at radius 2 is 2.21 bits per heavy atom. The molecule has 1 unspecified atom stereocenters. The van der Waals surface area contributed by atoms with E-state index in [9.17, 15) is 14.3 Å². The fourth-order valence-electron chi connectivity index (χ4n) is 1.00. The van der Waals surface area contributed by atoms with Crippen LogP contribution in [0.15, 0.2) is 12.1 Å². The molecular formula is C9H9ClFNO2. The van der Waals surface area contributed by atoms with Gasteiger partial charge >= 0.3 is 0 Å². The number of phenolic OH excluding ortho intramolecular Hbond substituents is 1. The van der Waals surface area contributed by atoms with Crippen LogP contribution in [0.1, 0.15) is 17.3 Å². The lowest BCUT2D eigenvalue weighted by Crippen LogP contribution is -2.27. The molecule has 0 radical (unpaired) electrons. The third kappa shape index (κ3) is 1.86. The Bertz CT molecular complexity index is 379. The minimum absolute atomic E-state index is 0.00815. The van der Waals surface area contributed by atoms with E-state index in [1.54, 1.807) is 0 Å². The van der Waals surface area contributed by atoms with Crippen LogP contribution in [0.5, 0.6) is 5.75 Å². The van der Waals surface area contributed by atoms with E-state index in [-0.39, 0.29) is 10.6 Å². The zero-order valence-electron chi connectivity index (χ0n) is 7.42. The van der Waals surface area contributed by atoms with E-state index in [4.69, 9.17) is 17.3 Å². The van der Waals surface area contributed by atoms with Crippen molar-refractivity contribution in [2.45, 2.75) is 13.0 Å². The highest BCUT2D eigenvalue weighted by Gasteiger charge is 2.21. The third-order valence-corrected chi connectivity index (χ3v) is 2.05. The summed E-state index contributed by atoms with van der Waals surface area (Å²) in [5.41, 5.74) is 5.05. The highest BCUT2D eigenvalue weighted by atomic mass is 35.5. The summed E-state index contributed by atoms with van der Waals surface area (Å²) in [6, 6.07) is 1.35. The smallest absolute Gasteiger partial charge is 0.184 e. The molecule has 0 fully saturated rings. The number of phenols is 1. The molecule has 0 heterocycles. The van der Waals surface area contributed by atoms with Gasteiger partial charge in [0.1, 0.15) is 0 Å². The molecule has 0 aliphatic heterocycles. The molecule has 3 nitrogen and oxygen atoms in total. The van der Waals surface area contributed by atoms with Gasteiger partial charge in [-0.25, -0.2) is 4.39 Å². The average molecular weight is 218 g/mol. The first-order valence-corrected chi connectivity index (χ1v) is 4.29. The maximum Gasteiger partial charge on any atom is 0.184 e. The maximum atomic E-state index is 12.9. The Labute approximate surface area is 85.3 Å². The van der Waals surface area contributed by atoms with Crippen LogP contribution in [0, 0.1) is 5.82 Å². The monoisotopic (exact) mass is 217 g/mol. The number of nitrogens with two attached hydrogens (primary N) is 1. The Morgan fingerprint density at radius 1 is 1.64 bits per heavy atom. The van der Waals surface area contributed by atoms with Crippen LogP contribution in [-0.4, -0.2) is 16.9 Å². The van der Waals surface area contributed by atoms with Gasteiger partial charge in [0.15, 0.2) is 17.3 Å². The summed E-state index contributed by atoms with van der Waals surface area (Å²) < 4.78 is 12.9. The number of hydrogen-bond donors (Lipinski definition) is 2. The topological polar surface area (TPSA) is 63.3 Å². The zero-order valence-corrected chi connectivity index (χ0v) is 8.18. The van der Waals surface area contributed by atoms with Gasteiger partial charge in [-0.2, -0.15) is 0 Å². The molecule has 5 heteroatoms. The number of carbonyl (C=O) groups excluding carboxylic acids is 1. The second-order valence-corrected chi connectivity index (χ2v) is 3.31. The van der Waals surface area contributed by atoms with Gasteiger partial charge in [0, 0.05) is 0 Å². The van der Waals surface area contributed by atoms with Gasteiger partial charge in [-0.1, -0.05) is 11.6 Å². The summed E-state index contributed by atoms with van der Waals surface area (Å²) in [6.45, 7) is 1.43. The van der Waals surface area contributed by atoms with E-state index >= 15 is 0 Å². The quantitative estimate of drug-likeness (QED) is 0.742. The van der Waals surface area contributed by atoms with Crippen LogP contribution < -0.4 is 5.73 Å². The van der Waals surface area contributed by atoms with E-state index in [2.05, 4.69) is 0 Å². The van der Waals surface area contributed by atoms with Crippen LogP contribution in [0.3, 0.4) is 0 Å². The van der Waals surface area contributed by atoms with Crippen LogP contribution in [0.2, 0.25) is 5.02 Å². The minimum Gasteiger partial charge on any atom is -0.504 e. The molecule has 1 atom stereocenters. The van der Waals surface area contributed by atoms with E-state index < -0.39 is 23.4 Å². The Kier molecular flexibility index (Phi) is 3.08. The van der Waals surface area contributed by atoms with Crippen LogP contribution in [0.25, 0.3) is 0 Å². The largest absolute Gasteiger partial charge is 0.504 e. The van der Waals surface area contributed by atoms with Gasteiger partial charge in [-0.15, -0.1) is 0 Å². The lowest BCUT2D eigenvalue weighted by Gasteiger charge is -2.08. The van der Waals surface area contributed by atoms with Crippen molar-refractivity contribution >= 4 is 17.4 Å². The summed E-state index contributed by atoms with van der Waals surface area (Å²) in [6.07, 6.45) is 0. The molecule has 3 N–H and O–H groups in total. The van der Waals surface area contributed by atoms with Crippen LogP contribution >= 0.6 is 11.6 Å². The standard InChI is InChI=1S/C9H9ClFNO2/c1-4(12)8(13)7-5(10)2-3-6(11)9(7)14/h2-4,14H,12H2,1H3. The van der Waals surface area contributed by atoms with Gasteiger partial charge < -0.3 is 10.8 Å². The predicted molar refractivity (Wildman–Crippen MR) is 51.1 cm³/mol. The first-order chi connectivity index (χ1) is 6.45. The molecule has 14 heavy (non-hydrogen) atoms. The molecule has 0 aliphatic carbocycles. The normalized spacial score (nSPS) is 12.6. The number of ketones is 1. The van der Waals surface area contributed by atoms with Gasteiger partial charge in [-0.05, 0) is 19.1 Å². The molecule has 76 valence electrons. The summed E-state index contributed by atoms with van der Waals surface area (Å²) in [5, 5.41) is 9.25. The fraction of sp³-hybridized carbons (Fsp3) is 0.222. The minimum atomic E-state index is -0.890. The lowest BCUT2D eigenvalue weighted by molar-refractivity contribution is 0.0964. The highest BCUT2D eigenvalue weighted by Crippen LogP contribution is 2.29. The number of halogens is 2. The molecule has 0 bridgehead atoms. The summed E-state index contributed by atoms with van der Waals surface area (Å²) in [4.78, 5) is 11.4. The molecule has 1 aromatic carbocycles. The number of benzene rings is 1. The second kappa shape index (κ2) is 3.94. The van der Waals surface area contributed by atoms with Gasteiger partial charge in [0.05, 0.1) is 16.6 Å². The maximum absolute atomic E-state index is 12.9. The Morgan fingerprint density at radius 3 is 2.71 bits per heavy atom. The molecule has 1 aromatic rings. The Balaban J connectivity index is 3.33. The predicted octanol–water partition coefficient (Wildman–Crippen LogP) is 1.71. The molecule has 0 saturated carbocycles. The first-order valence-electron chi connectivity index (χ1n) is 3.92. The molecule has 0 saturated heterocycles. The molecule has 0 amide bonds. The molecule has 0 spiro atoms. The Hall–Kier alpha value is -1.13. The van der Waals surface area contributed by atoms with Gasteiger partial charge in [-0.3, -0.25) is 4.79 Å². The van der Waals surface area contributed by atoms with Crippen molar-refractivity contribution in [3.8, 4) is 5.75 Å². The van der Waals surface area contributed by atoms with Crippen molar-refractivity contribution in [2.75, 3.05) is 0 Å². The van der Waals surface area contributed by atoms with E-state index in [0.717, 1.165) is 6.07 Å². The number of carbonyl (C=O) groups is 1. The lowest BCUT2D eigenvalue weighted by atomic mass is 10.0. The van der Waals surface area contributed by atoms with Gasteiger partial charge in [0.2, 0.25) is 0 Å². The van der Waals surface area contributed by atoms with Crippen LogP contribution in [-0.2, 0) is 0 Å². The molecule has 0 aliphatic rings. The number of hydrogen-bond acceptors (Lipinski definition) is 3. The zero-order chi connectivity index (χ0) is 10.9. The molecular weight excluding hydrogens is 209 g/mol. The summed E-state index contributed by atoms with van der Waals surface area (Å²) >= 11 is 5.64. The number of Topliss-reactive ketones (excluding diaryl/α,β-unsaturated/α-hetero) is 1. The summed E-state index contributed by atoms with van der Waals surface area (Å²) in [5.74, 6) is -2.23. The third-order valence-electron chi connectivity index (χ3n) is 1.74. The van der Waals surface area contributed by atoms with Crippen molar-refractivity contribution in [3.63, 3.8) is 0 Å². The fourth-order valence-corrected chi connectivity index (χ4v) is 1.25. The van der Waals surface area contributed by atoms with E-state index in [1.165, 1.54) is 13.0 Å². The first kappa shape index (κ1) is 10.9. The van der Waals surface area contributed by atoms with Crippen molar-refractivity contribution in [1.82, 2.24) is 0 Å². The second-order valence-electron chi connectivity index (χ2n) is 2.91. The summed E-state index contributed by atoms with van der Waals surface area (Å²) in [7, 11) is 0. The van der Waals surface area contributed by atoms with Crippen molar-refractivity contribution in [2.24, 2.45) is 5.73 Å². The SMILES string of the molecule is CC(N)C(=O)c1c(Cl)ccc(F)c1O. The molecule has 0 aromatic heterocycles. The average Bonchev–Trinajstić information content (AvgIpc) is 2.12. The highest BCUT2D eigenvalue weighted by molar-refractivity contribution is 6.34. The van der Waals surface area contributed by atoms with Gasteiger partial charge in [0.25, 0.3) is 0 Å².